The third kappa shape index (κ3) is 3.10. The van der Waals surface area contributed by atoms with Crippen LogP contribution in [0.25, 0.3) is 0 Å². The number of amides is 1. The first-order valence-electron chi connectivity index (χ1n) is 6.69. The van der Waals surface area contributed by atoms with E-state index < -0.39 is 11.4 Å². The molecule has 0 bridgehead atoms. The van der Waals surface area contributed by atoms with Crippen molar-refractivity contribution in [3.8, 4) is 5.75 Å². The van der Waals surface area contributed by atoms with Crippen molar-refractivity contribution in [3.05, 3.63) is 29.8 Å². The number of aliphatic carboxylic acids is 1. The fourth-order valence-corrected chi connectivity index (χ4v) is 2.37. The Morgan fingerprint density at radius 2 is 2.15 bits per heavy atom. The number of carboxylic acid groups (broad SMARTS) is 1. The molecule has 2 rings (SSSR count). The molecule has 0 aliphatic heterocycles. The zero-order chi connectivity index (χ0) is 14.6. The SMILES string of the molecule is COc1cccc(CC(=O)NCC2(C(=O)O)CCC2)c1. The van der Waals surface area contributed by atoms with Gasteiger partial charge in [0.2, 0.25) is 5.91 Å². The van der Waals surface area contributed by atoms with E-state index in [1.165, 1.54) is 0 Å². The average Bonchev–Trinajstić information content (AvgIpc) is 2.37. The van der Waals surface area contributed by atoms with Crippen molar-refractivity contribution in [2.45, 2.75) is 25.7 Å². The number of methoxy groups -OCH3 is 1. The molecule has 0 heterocycles. The van der Waals surface area contributed by atoms with Crippen LogP contribution in [0.2, 0.25) is 0 Å². The fourth-order valence-electron chi connectivity index (χ4n) is 2.37. The standard InChI is InChI=1S/C15H19NO4/c1-20-12-5-2-4-11(8-12)9-13(17)16-10-15(14(18)19)6-3-7-15/h2,4-5,8H,3,6-7,9-10H2,1H3,(H,16,17)(H,18,19). The minimum atomic E-state index is -0.814. The molecule has 5 heteroatoms. The summed E-state index contributed by atoms with van der Waals surface area (Å²) in [7, 11) is 1.58. The maximum absolute atomic E-state index is 11.9. The molecular formula is C15H19NO4. The molecule has 0 atom stereocenters. The Bertz CT molecular complexity index is 508. The van der Waals surface area contributed by atoms with Gasteiger partial charge in [-0.1, -0.05) is 18.6 Å². The largest absolute Gasteiger partial charge is 0.497 e. The fraction of sp³-hybridized carbons (Fsp3) is 0.467. The highest BCUT2D eigenvalue weighted by Gasteiger charge is 2.44. The monoisotopic (exact) mass is 277 g/mol. The molecule has 1 saturated carbocycles. The van der Waals surface area contributed by atoms with Gasteiger partial charge in [0.25, 0.3) is 0 Å². The number of carbonyl (C=O) groups is 2. The lowest BCUT2D eigenvalue weighted by molar-refractivity contribution is -0.154. The van der Waals surface area contributed by atoms with E-state index in [0.717, 1.165) is 12.0 Å². The molecule has 5 nitrogen and oxygen atoms in total. The summed E-state index contributed by atoms with van der Waals surface area (Å²) in [5, 5.41) is 11.9. The first kappa shape index (κ1) is 14.4. The molecule has 1 aromatic carbocycles. The predicted octanol–water partition coefficient (Wildman–Crippen LogP) is 1.61. The highest BCUT2D eigenvalue weighted by atomic mass is 16.5. The zero-order valence-corrected chi connectivity index (χ0v) is 11.5. The summed E-state index contributed by atoms with van der Waals surface area (Å²) >= 11 is 0. The normalized spacial score (nSPS) is 16.1. The van der Waals surface area contributed by atoms with Gasteiger partial charge in [-0.25, -0.2) is 0 Å². The lowest BCUT2D eigenvalue weighted by Crippen LogP contribution is -2.47. The summed E-state index contributed by atoms with van der Waals surface area (Å²) in [5.41, 5.74) is 0.101. The minimum Gasteiger partial charge on any atom is -0.497 e. The third-order valence-electron chi connectivity index (χ3n) is 3.89. The molecule has 20 heavy (non-hydrogen) atoms. The van der Waals surface area contributed by atoms with Gasteiger partial charge >= 0.3 is 5.97 Å². The van der Waals surface area contributed by atoms with Crippen molar-refractivity contribution in [2.75, 3.05) is 13.7 Å². The van der Waals surface area contributed by atoms with Crippen molar-refractivity contribution in [3.63, 3.8) is 0 Å². The molecular weight excluding hydrogens is 258 g/mol. The summed E-state index contributed by atoms with van der Waals surface area (Å²) in [4.78, 5) is 23.1. The molecule has 1 aliphatic rings. The number of carboxylic acids is 1. The van der Waals surface area contributed by atoms with Gasteiger partial charge in [0.15, 0.2) is 0 Å². The van der Waals surface area contributed by atoms with E-state index in [1.807, 2.05) is 18.2 Å². The van der Waals surface area contributed by atoms with Gasteiger partial charge in [-0.05, 0) is 30.5 Å². The Kier molecular flexibility index (Phi) is 4.27. The molecule has 0 spiro atoms. The Balaban J connectivity index is 1.87. The van der Waals surface area contributed by atoms with Gasteiger partial charge in [-0.15, -0.1) is 0 Å². The average molecular weight is 277 g/mol. The van der Waals surface area contributed by atoms with Crippen molar-refractivity contribution in [2.24, 2.45) is 5.41 Å². The van der Waals surface area contributed by atoms with E-state index in [2.05, 4.69) is 5.32 Å². The smallest absolute Gasteiger partial charge is 0.311 e. The second-order valence-corrected chi connectivity index (χ2v) is 5.24. The van der Waals surface area contributed by atoms with Crippen LogP contribution in [0.5, 0.6) is 5.75 Å². The molecule has 0 saturated heterocycles. The Labute approximate surface area is 117 Å². The predicted molar refractivity (Wildman–Crippen MR) is 73.6 cm³/mol. The summed E-state index contributed by atoms with van der Waals surface area (Å²) in [5.74, 6) is -0.271. The summed E-state index contributed by atoms with van der Waals surface area (Å²) in [6.45, 7) is 0.213. The number of nitrogens with one attached hydrogen (secondary N) is 1. The van der Waals surface area contributed by atoms with Crippen molar-refractivity contribution in [1.82, 2.24) is 5.32 Å². The Morgan fingerprint density at radius 1 is 1.40 bits per heavy atom. The van der Waals surface area contributed by atoms with Crippen molar-refractivity contribution < 1.29 is 19.4 Å². The molecule has 1 fully saturated rings. The summed E-state index contributed by atoms with van der Waals surface area (Å²) < 4.78 is 5.10. The molecule has 1 aromatic rings. The lowest BCUT2D eigenvalue weighted by Gasteiger charge is -2.37. The highest BCUT2D eigenvalue weighted by Crippen LogP contribution is 2.40. The number of hydrogen-bond donors (Lipinski definition) is 2. The van der Waals surface area contributed by atoms with Crippen LogP contribution in [-0.2, 0) is 16.0 Å². The molecule has 1 amide bonds. The van der Waals surface area contributed by atoms with Gasteiger partial charge in [0.05, 0.1) is 18.9 Å². The van der Waals surface area contributed by atoms with Gasteiger partial charge in [0, 0.05) is 6.54 Å². The van der Waals surface area contributed by atoms with Crippen molar-refractivity contribution in [1.29, 1.82) is 0 Å². The number of hydrogen-bond acceptors (Lipinski definition) is 3. The second-order valence-electron chi connectivity index (χ2n) is 5.24. The van der Waals surface area contributed by atoms with Crippen LogP contribution in [0.4, 0.5) is 0 Å². The zero-order valence-electron chi connectivity index (χ0n) is 11.5. The first-order chi connectivity index (χ1) is 9.55. The van der Waals surface area contributed by atoms with E-state index in [0.29, 0.717) is 18.6 Å². The molecule has 0 aromatic heterocycles. The maximum Gasteiger partial charge on any atom is 0.311 e. The molecule has 108 valence electrons. The molecule has 0 radical (unpaired) electrons. The van der Waals surface area contributed by atoms with Gasteiger partial charge in [-0.2, -0.15) is 0 Å². The van der Waals surface area contributed by atoms with Crippen LogP contribution >= 0.6 is 0 Å². The number of ether oxygens (including phenoxy) is 1. The number of rotatable bonds is 6. The number of benzene rings is 1. The summed E-state index contributed by atoms with van der Waals surface area (Å²) in [6, 6.07) is 7.29. The van der Waals surface area contributed by atoms with Gasteiger partial charge < -0.3 is 15.2 Å². The topological polar surface area (TPSA) is 75.6 Å². The third-order valence-corrected chi connectivity index (χ3v) is 3.89. The van der Waals surface area contributed by atoms with Crippen LogP contribution in [0.3, 0.4) is 0 Å². The number of carbonyl (C=O) groups excluding carboxylic acids is 1. The van der Waals surface area contributed by atoms with E-state index in [4.69, 9.17) is 4.74 Å². The Hall–Kier alpha value is -2.04. The summed E-state index contributed by atoms with van der Waals surface area (Å²) in [6.07, 6.45) is 2.43. The maximum atomic E-state index is 11.9. The van der Waals surface area contributed by atoms with E-state index in [-0.39, 0.29) is 18.9 Å². The van der Waals surface area contributed by atoms with Crippen molar-refractivity contribution >= 4 is 11.9 Å². The molecule has 0 unspecified atom stereocenters. The Morgan fingerprint density at radius 3 is 2.70 bits per heavy atom. The van der Waals surface area contributed by atoms with E-state index in [9.17, 15) is 14.7 Å². The van der Waals surface area contributed by atoms with Gasteiger partial charge in [0.1, 0.15) is 5.75 Å². The quantitative estimate of drug-likeness (QED) is 0.828. The minimum absolute atomic E-state index is 0.161. The van der Waals surface area contributed by atoms with Crippen LogP contribution in [0.15, 0.2) is 24.3 Å². The second kappa shape index (κ2) is 5.94. The highest BCUT2D eigenvalue weighted by molar-refractivity contribution is 5.81. The van der Waals surface area contributed by atoms with Gasteiger partial charge in [-0.3, -0.25) is 9.59 Å². The van der Waals surface area contributed by atoms with Crippen LogP contribution in [-0.4, -0.2) is 30.6 Å². The van der Waals surface area contributed by atoms with Crippen LogP contribution in [0, 0.1) is 5.41 Å². The van der Waals surface area contributed by atoms with E-state index in [1.54, 1.807) is 13.2 Å². The molecule has 2 N–H and O–H groups in total. The first-order valence-corrected chi connectivity index (χ1v) is 6.69. The van der Waals surface area contributed by atoms with Crippen LogP contribution in [0.1, 0.15) is 24.8 Å². The molecule has 1 aliphatic carbocycles. The lowest BCUT2D eigenvalue weighted by atomic mass is 9.69. The van der Waals surface area contributed by atoms with E-state index >= 15 is 0 Å². The van der Waals surface area contributed by atoms with Crippen LogP contribution < -0.4 is 10.1 Å².